The van der Waals surface area contributed by atoms with Crippen LogP contribution in [-0.2, 0) is 10.8 Å². The molecule has 0 saturated carbocycles. The maximum atomic E-state index is 2.54. The third-order valence-electron chi connectivity index (χ3n) is 16.3. The lowest BCUT2D eigenvalue weighted by Crippen LogP contribution is -2.36. The maximum Gasteiger partial charge on any atom is 0.0755 e. The monoisotopic (exact) mass is 940 g/mol. The smallest absolute Gasteiger partial charge is 0.0755 e. The molecule has 2 nitrogen and oxygen atoms in total. The summed E-state index contributed by atoms with van der Waals surface area (Å²) in [7, 11) is 0. The molecular weight excluding hydrogens is 893 g/mol. The van der Waals surface area contributed by atoms with Gasteiger partial charge in [-0.2, -0.15) is 0 Å². The van der Waals surface area contributed by atoms with Crippen molar-refractivity contribution in [3.8, 4) is 33.4 Å². The van der Waals surface area contributed by atoms with Crippen LogP contribution in [0, 0.1) is 0 Å². The van der Waals surface area contributed by atoms with Crippen molar-refractivity contribution in [2.24, 2.45) is 0 Å². The number of rotatable bonds is 7. The van der Waals surface area contributed by atoms with Gasteiger partial charge in [-0.05, 0) is 138 Å². The fourth-order valence-electron chi connectivity index (χ4n) is 13.4. The van der Waals surface area contributed by atoms with Crippen LogP contribution >= 0.6 is 0 Å². The maximum absolute atomic E-state index is 2.54. The summed E-state index contributed by atoms with van der Waals surface area (Å²) in [4.78, 5) is 5.00. The Labute approximate surface area is 432 Å². The van der Waals surface area contributed by atoms with E-state index in [0.29, 0.717) is 0 Å². The highest BCUT2D eigenvalue weighted by Crippen LogP contribution is 2.66. The first-order valence-corrected chi connectivity index (χ1v) is 25.8. The summed E-state index contributed by atoms with van der Waals surface area (Å²) in [6.07, 6.45) is 0. The van der Waals surface area contributed by atoms with Gasteiger partial charge in [0.1, 0.15) is 0 Å². The first-order chi connectivity index (χ1) is 36.7. The van der Waals surface area contributed by atoms with Gasteiger partial charge in [0.15, 0.2) is 0 Å². The quantitative estimate of drug-likeness (QED) is 0.157. The Kier molecular flexibility index (Phi) is 9.43. The SMILES string of the molecule is c1ccc(N2c3ccccc3C3(c4ccccc4-c4c(N(c5ccc(-c6cccc7ccccc67)cc5)c5ccc6c(c5)C(c5ccccc5)(c5ccccc5)c5ccccc5-6)cccc43)c3ccccc32)cc1. The second kappa shape index (κ2) is 16.5. The van der Waals surface area contributed by atoms with Crippen LogP contribution in [0.1, 0.15) is 44.5 Å². The van der Waals surface area contributed by atoms with Crippen molar-refractivity contribution >= 4 is 44.9 Å². The third-order valence-corrected chi connectivity index (χ3v) is 16.3. The standard InChI is InChI=1S/C72H48N2/c1-4-24-51(25-5-1)71(52-26-6-2-7-27-52)61-34-14-12-31-58(61)59-47-46-55(48-66(59)71)73(54-44-42-50(43-45-54)57-33-20-23-49-22-10-11-30-56(49)57)69-41-21-38-65-70(69)60-32-13-15-35-62(60)72(65)63-36-16-18-39-67(63)74(53-28-8-3-9-29-53)68-40-19-17-37-64(68)72/h1-48H. The minimum atomic E-state index is -0.611. The highest BCUT2D eigenvalue weighted by molar-refractivity contribution is 6.02. The zero-order chi connectivity index (χ0) is 48.8. The van der Waals surface area contributed by atoms with Gasteiger partial charge in [-0.25, -0.2) is 0 Å². The molecule has 0 bridgehead atoms. The van der Waals surface area contributed by atoms with Gasteiger partial charge in [-0.3, -0.25) is 0 Å². The first kappa shape index (κ1) is 42.2. The van der Waals surface area contributed by atoms with Gasteiger partial charge in [0.2, 0.25) is 0 Å². The lowest BCUT2D eigenvalue weighted by Gasteiger charge is -2.45. The molecule has 2 aliphatic carbocycles. The predicted molar refractivity (Wildman–Crippen MR) is 307 cm³/mol. The summed E-state index contributed by atoms with van der Waals surface area (Å²) in [5.74, 6) is 0. The molecule has 0 fully saturated rings. The Balaban J connectivity index is 1.01. The van der Waals surface area contributed by atoms with Crippen molar-refractivity contribution in [2.45, 2.75) is 10.8 Å². The molecule has 0 radical (unpaired) electrons. The minimum absolute atomic E-state index is 0.566. The van der Waals surface area contributed by atoms with Crippen LogP contribution in [0.25, 0.3) is 44.2 Å². The van der Waals surface area contributed by atoms with Crippen LogP contribution in [-0.4, -0.2) is 0 Å². The zero-order valence-corrected chi connectivity index (χ0v) is 40.6. The van der Waals surface area contributed by atoms with Crippen molar-refractivity contribution in [3.05, 3.63) is 336 Å². The highest BCUT2D eigenvalue weighted by Gasteiger charge is 2.53. The zero-order valence-electron chi connectivity index (χ0n) is 40.6. The van der Waals surface area contributed by atoms with Crippen LogP contribution in [0.5, 0.6) is 0 Å². The molecule has 15 rings (SSSR count). The Hall–Kier alpha value is -9.50. The average Bonchev–Trinajstić information content (AvgIpc) is 4.03. The molecule has 0 saturated heterocycles. The Bertz CT molecular complexity index is 4050. The Morgan fingerprint density at radius 1 is 0.297 bits per heavy atom. The van der Waals surface area contributed by atoms with Crippen LogP contribution < -0.4 is 9.80 Å². The molecule has 0 atom stereocenters. The number of hydrogen-bond acceptors (Lipinski definition) is 2. The van der Waals surface area contributed by atoms with Crippen molar-refractivity contribution < 1.29 is 0 Å². The highest BCUT2D eigenvalue weighted by atomic mass is 15.2. The van der Waals surface area contributed by atoms with E-state index in [-0.39, 0.29) is 0 Å². The van der Waals surface area contributed by atoms with Gasteiger partial charge >= 0.3 is 0 Å². The summed E-state index contributed by atoms with van der Waals surface area (Å²) in [6.45, 7) is 0. The molecule has 1 heterocycles. The van der Waals surface area contributed by atoms with Crippen LogP contribution in [0.3, 0.4) is 0 Å². The fraction of sp³-hybridized carbons (Fsp3) is 0.0278. The topological polar surface area (TPSA) is 6.48 Å². The summed E-state index contributed by atoms with van der Waals surface area (Å²) in [6, 6.07) is 108. The lowest BCUT2D eigenvalue weighted by atomic mass is 9.64. The van der Waals surface area contributed by atoms with Crippen molar-refractivity contribution in [1.82, 2.24) is 0 Å². The molecule has 1 spiro atoms. The fourth-order valence-corrected chi connectivity index (χ4v) is 13.4. The minimum Gasteiger partial charge on any atom is -0.310 e. The molecule has 2 heteroatoms. The van der Waals surface area contributed by atoms with Gasteiger partial charge in [0.25, 0.3) is 0 Å². The Morgan fingerprint density at radius 3 is 1.47 bits per heavy atom. The van der Waals surface area contributed by atoms with E-state index in [2.05, 4.69) is 301 Å². The summed E-state index contributed by atoms with van der Waals surface area (Å²) < 4.78 is 0. The molecule has 12 aromatic rings. The van der Waals surface area contributed by atoms with Crippen LogP contribution in [0.4, 0.5) is 34.1 Å². The number of anilines is 6. The molecule has 0 amide bonds. The van der Waals surface area contributed by atoms with Crippen molar-refractivity contribution in [3.63, 3.8) is 0 Å². The van der Waals surface area contributed by atoms with E-state index in [4.69, 9.17) is 0 Å². The summed E-state index contributed by atoms with van der Waals surface area (Å²) in [5.41, 5.74) is 23.2. The van der Waals surface area contributed by atoms with E-state index in [1.807, 2.05) is 0 Å². The molecule has 346 valence electrons. The molecule has 1 aliphatic heterocycles. The average molecular weight is 941 g/mol. The number of hydrogen-bond donors (Lipinski definition) is 0. The molecule has 74 heavy (non-hydrogen) atoms. The lowest BCUT2D eigenvalue weighted by molar-refractivity contribution is 0.752. The number of para-hydroxylation sites is 3. The van der Waals surface area contributed by atoms with Gasteiger partial charge in [0, 0.05) is 22.6 Å². The van der Waals surface area contributed by atoms with Gasteiger partial charge in [-0.1, -0.05) is 237 Å². The van der Waals surface area contributed by atoms with E-state index in [1.54, 1.807) is 0 Å². The second-order valence-corrected chi connectivity index (χ2v) is 19.9. The van der Waals surface area contributed by atoms with Gasteiger partial charge in [0.05, 0.1) is 27.9 Å². The largest absolute Gasteiger partial charge is 0.310 e. The molecule has 3 aliphatic rings. The molecule has 0 aromatic heterocycles. The van der Waals surface area contributed by atoms with Crippen LogP contribution in [0.2, 0.25) is 0 Å². The van der Waals surface area contributed by atoms with Crippen LogP contribution in [0.15, 0.2) is 291 Å². The van der Waals surface area contributed by atoms with E-state index >= 15 is 0 Å². The number of fused-ring (bicyclic) bond motifs is 13. The molecular formula is C72H48N2. The van der Waals surface area contributed by atoms with E-state index in [0.717, 1.165) is 22.7 Å². The number of benzene rings is 12. The van der Waals surface area contributed by atoms with E-state index < -0.39 is 10.8 Å². The number of nitrogens with zero attached hydrogens (tertiary/aromatic N) is 2. The van der Waals surface area contributed by atoms with E-state index in [1.165, 1.54) is 100 Å². The first-order valence-electron chi connectivity index (χ1n) is 25.8. The second-order valence-electron chi connectivity index (χ2n) is 19.9. The molecule has 0 unspecified atom stereocenters. The van der Waals surface area contributed by atoms with Crippen molar-refractivity contribution in [1.29, 1.82) is 0 Å². The third kappa shape index (κ3) is 5.88. The molecule has 12 aromatic carbocycles. The Morgan fingerprint density at radius 2 is 0.784 bits per heavy atom. The summed E-state index contributed by atoms with van der Waals surface area (Å²) in [5, 5.41) is 2.48. The predicted octanol–water partition coefficient (Wildman–Crippen LogP) is 18.5. The normalized spacial score (nSPS) is 13.9. The van der Waals surface area contributed by atoms with Crippen molar-refractivity contribution in [2.75, 3.05) is 9.80 Å². The van der Waals surface area contributed by atoms with Gasteiger partial charge < -0.3 is 9.80 Å². The molecule has 0 N–H and O–H groups in total. The summed E-state index contributed by atoms with van der Waals surface area (Å²) >= 11 is 0. The van der Waals surface area contributed by atoms with Gasteiger partial charge in [-0.15, -0.1) is 0 Å². The van der Waals surface area contributed by atoms with E-state index in [9.17, 15) is 0 Å².